The van der Waals surface area contributed by atoms with Gasteiger partial charge in [-0.05, 0) is 19.8 Å². The van der Waals surface area contributed by atoms with Gasteiger partial charge in [0.25, 0.3) is 0 Å². The van der Waals surface area contributed by atoms with Gasteiger partial charge in [-0.15, -0.1) is 0 Å². The van der Waals surface area contributed by atoms with Crippen molar-refractivity contribution in [3.63, 3.8) is 0 Å². The molecule has 0 saturated carbocycles. The SMILES string of the molecule is CO/N=C/C1CCOC(C)C1. The van der Waals surface area contributed by atoms with E-state index in [2.05, 4.69) is 16.9 Å². The van der Waals surface area contributed by atoms with Crippen molar-refractivity contribution in [3.8, 4) is 0 Å². The minimum Gasteiger partial charge on any atom is -0.399 e. The summed E-state index contributed by atoms with van der Waals surface area (Å²) < 4.78 is 5.39. The smallest absolute Gasteiger partial charge is 0.106 e. The summed E-state index contributed by atoms with van der Waals surface area (Å²) in [4.78, 5) is 4.61. The summed E-state index contributed by atoms with van der Waals surface area (Å²) in [5.41, 5.74) is 0. The van der Waals surface area contributed by atoms with Crippen molar-refractivity contribution < 1.29 is 9.57 Å². The zero-order valence-electron chi connectivity index (χ0n) is 7.12. The molecule has 0 spiro atoms. The topological polar surface area (TPSA) is 30.8 Å². The van der Waals surface area contributed by atoms with Crippen molar-refractivity contribution in [1.29, 1.82) is 0 Å². The van der Waals surface area contributed by atoms with Crippen LogP contribution in [0.2, 0.25) is 0 Å². The summed E-state index contributed by atoms with van der Waals surface area (Å²) in [5, 5.41) is 3.75. The predicted molar refractivity (Wildman–Crippen MR) is 43.6 cm³/mol. The Hall–Kier alpha value is -0.570. The predicted octanol–water partition coefficient (Wildman–Crippen LogP) is 1.43. The summed E-state index contributed by atoms with van der Waals surface area (Å²) in [5.74, 6) is 0.540. The Morgan fingerprint density at radius 3 is 3.09 bits per heavy atom. The van der Waals surface area contributed by atoms with Crippen LogP contribution in [0.25, 0.3) is 0 Å². The lowest BCUT2D eigenvalue weighted by molar-refractivity contribution is 0.0165. The molecule has 11 heavy (non-hydrogen) atoms. The maximum Gasteiger partial charge on any atom is 0.106 e. The summed E-state index contributed by atoms with van der Waals surface area (Å²) >= 11 is 0. The van der Waals surface area contributed by atoms with E-state index in [-0.39, 0.29) is 0 Å². The van der Waals surface area contributed by atoms with Crippen molar-refractivity contribution in [2.75, 3.05) is 13.7 Å². The number of hydrogen-bond donors (Lipinski definition) is 0. The monoisotopic (exact) mass is 157 g/mol. The van der Waals surface area contributed by atoms with Crippen LogP contribution in [0.5, 0.6) is 0 Å². The minimum atomic E-state index is 0.372. The second kappa shape index (κ2) is 4.34. The molecule has 1 fully saturated rings. The maximum atomic E-state index is 5.39. The second-order valence-electron chi connectivity index (χ2n) is 2.90. The fourth-order valence-corrected chi connectivity index (χ4v) is 1.32. The molecule has 0 aliphatic carbocycles. The number of hydrogen-bond acceptors (Lipinski definition) is 3. The van der Waals surface area contributed by atoms with Gasteiger partial charge in [0.2, 0.25) is 0 Å². The van der Waals surface area contributed by atoms with E-state index in [9.17, 15) is 0 Å². The lowest BCUT2D eigenvalue weighted by atomic mass is 9.98. The molecule has 1 aliphatic rings. The Labute approximate surface area is 67.4 Å². The van der Waals surface area contributed by atoms with E-state index in [4.69, 9.17) is 4.74 Å². The third-order valence-electron chi connectivity index (χ3n) is 1.90. The molecule has 0 aromatic rings. The lowest BCUT2D eigenvalue weighted by Gasteiger charge is -2.23. The molecule has 0 aromatic carbocycles. The van der Waals surface area contributed by atoms with Crippen LogP contribution in [-0.4, -0.2) is 26.0 Å². The molecular formula is C8H15NO2. The zero-order chi connectivity index (χ0) is 8.10. The fourth-order valence-electron chi connectivity index (χ4n) is 1.32. The van der Waals surface area contributed by atoms with E-state index < -0.39 is 0 Å². The summed E-state index contributed by atoms with van der Waals surface area (Å²) in [6.45, 7) is 2.94. The molecule has 1 heterocycles. The van der Waals surface area contributed by atoms with Crippen LogP contribution in [0.15, 0.2) is 5.16 Å². The molecule has 0 N–H and O–H groups in total. The molecule has 2 atom stereocenters. The highest BCUT2D eigenvalue weighted by atomic mass is 16.6. The highest BCUT2D eigenvalue weighted by molar-refractivity contribution is 5.60. The van der Waals surface area contributed by atoms with Crippen molar-refractivity contribution in [3.05, 3.63) is 0 Å². The Morgan fingerprint density at radius 1 is 1.64 bits per heavy atom. The van der Waals surface area contributed by atoms with E-state index >= 15 is 0 Å². The number of rotatable bonds is 2. The summed E-state index contributed by atoms with van der Waals surface area (Å²) in [7, 11) is 1.57. The van der Waals surface area contributed by atoms with Crippen LogP contribution < -0.4 is 0 Å². The first-order chi connectivity index (χ1) is 5.33. The molecular weight excluding hydrogens is 142 g/mol. The van der Waals surface area contributed by atoms with Crippen LogP contribution in [0.1, 0.15) is 19.8 Å². The van der Waals surface area contributed by atoms with Gasteiger partial charge in [0.1, 0.15) is 7.11 Å². The third kappa shape index (κ3) is 2.89. The van der Waals surface area contributed by atoms with Gasteiger partial charge in [-0.1, -0.05) is 5.16 Å². The molecule has 0 bridgehead atoms. The van der Waals surface area contributed by atoms with Gasteiger partial charge in [0.05, 0.1) is 6.10 Å². The lowest BCUT2D eigenvalue weighted by Crippen LogP contribution is -2.23. The van der Waals surface area contributed by atoms with E-state index in [0.29, 0.717) is 12.0 Å². The largest absolute Gasteiger partial charge is 0.399 e. The van der Waals surface area contributed by atoms with Crippen LogP contribution in [0.3, 0.4) is 0 Å². The van der Waals surface area contributed by atoms with Gasteiger partial charge in [-0.25, -0.2) is 0 Å². The van der Waals surface area contributed by atoms with E-state index in [1.54, 1.807) is 7.11 Å². The Kier molecular flexibility index (Phi) is 3.36. The fraction of sp³-hybridized carbons (Fsp3) is 0.875. The van der Waals surface area contributed by atoms with E-state index in [1.165, 1.54) is 0 Å². The minimum absolute atomic E-state index is 0.372. The van der Waals surface area contributed by atoms with Crippen molar-refractivity contribution in [2.24, 2.45) is 11.1 Å². The van der Waals surface area contributed by atoms with Crippen molar-refractivity contribution in [1.82, 2.24) is 0 Å². The molecule has 0 aromatic heterocycles. The van der Waals surface area contributed by atoms with Crippen LogP contribution in [0.4, 0.5) is 0 Å². The molecule has 1 rings (SSSR count). The van der Waals surface area contributed by atoms with E-state index in [1.807, 2.05) is 6.21 Å². The number of ether oxygens (including phenoxy) is 1. The summed E-state index contributed by atoms with van der Waals surface area (Å²) in [6, 6.07) is 0. The number of nitrogens with zero attached hydrogens (tertiary/aromatic N) is 1. The molecule has 1 saturated heterocycles. The van der Waals surface area contributed by atoms with Gasteiger partial charge in [0, 0.05) is 18.7 Å². The second-order valence-corrected chi connectivity index (χ2v) is 2.90. The van der Waals surface area contributed by atoms with E-state index in [0.717, 1.165) is 19.4 Å². The molecule has 3 nitrogen and oxygen atoms in total. The van der Waals surface area contributed by atoms with Crippen molar-refractivity contribution in [2.45, 2.75) is 25.9 Å². The molecule has 1 aliphatic heterocycles. The standard InChI is InChI=1S/C8H15NO2/c1-7-5-8(3-4-11-7)6-9-10-2/h6-8H,3-5H2,1-2H3/b9-6+. The normalized spacial score (nSPS) is 32.5. The number of oxime groups is 1. The first-order valence-electron chi connectivity index (χ1n) is 4.01. The zero-order valence-corrected chi connectivity index (χ0v) is 7.12. The molecule has 0 radical (unpaired) electrons. The molecule has 64 valence electrons. The molecule has 0 amide bonds. The Balaban J connectivity index is 2.28. The Morgan fingerprint density at radius 2 is 2.45 bits per heavy atom. The quantitative estimate of drug-likeness (QED) is 0.448. The van der Waals surface area contributed by atoms with Gasteiger partial charge < -0.3 is 9.57 Å². The highest BCUT2D eigenvalue weighted by Gasteiger charge is 2.17. The van der Waals surface area contributed by atoms with Gasteiger partial charge >= 0.3 is 0 Å². The average molecular weight is 157 g/mol. The third-order valence-corrected chi connectivity index (χ3v) is 1.90. The van der Waals surface area contributed by atoms with Crippen LogP contribution >= 0.6 is 0 Å². The first-order valence-corrected chi connectivity index (χ1v) is 4.01. The average Bonchev–Trinajstić information content (AvgIpc) is 2.01. The van der Waals surface area contributed by atoms with Crippen molar-refractivity contribution >= 4 is 6.21 Å². The summed E-state index contributed by atoms with van der Waals surface area (Å²) in [6.07, 6.45) is 4.38. The Bertz CT molecular complexity index is 136. The van der Waals surface area contributed by atoms with Gasteiger partial charge in [-0.3, -0.25) is 0 Å². The van der Waals surface area contributed by atoms with Gasteiger partial charge in [-0.2, -0.15) is 0 Å². The van der Waals surface area contributed by atoms with Crippen LogP contribution in [0, 0.1) is 5.92 Å². The maximum absolute atomic E-state index is 5.39. The van der Waals surface area contributed by atoms with Gasteiger partial charge in [0.15, 0.2) is 0 Å². The van der Waals surface area contributed by atoms with Crippen LogP contribution in [-0.2, 0) is 9.57 Å². The molecule has 3 heteroatoms. The first kappa shape index (κ1) is 8.53. The molecule has 2 unspecified atom stereocenters. The highest BCUT2D eigenvalue weighted by Crippen LogP contribution is 2.17.